The number of esters is 1. The van der Waals surface area contributed by atoms with E-state index >= 15 is 0 Å². The summed E-state index contributed by atoms with van der Waals surface area (Å²) in [4.78, 5) is 21.1. The molecule has 0 amide bonds. The Balaban J connectivity index is 1.48. The summed E-state index contributed by atoms with van der Waals surface area (Å²) in [7, 11) is 1.69. The van der Waals surface area contributed by atoms with Crippen LogP contribution in [-0.4, -0.2) is 60.3 Å². The molecular formula is C23H29N2O5S+. The molecule has 2 aromatic carbocycles. The van der Waals surface area contributed by atoms with Crippen LogP contribution in [0.2, 0.25) is 0 Å². The molecule has 0 atom stereocenters. The van der Waals surface area contributed by atoms with Gasteiger partial charge in [-0.05, 0) is 54.3 Å². The van der Waals surface area contributed by atoms with Crippen molar-refractivity contribution in [1.29, 1.82) is 0 Å². The average molecular weight is 446 g/mol. The first-order valence-electron chi connectivity index (χ1n) is 10.3. The molecule has 7 nitrogen and oxygen atoms in total. The monoisotopic (exact) mass is 445 g/mol. The summed E-state index contributed by atoms with van der Waals surface area (Å²) in [6.07, 6.45) is 1.30. The molecule has 0 aromatic heterocycles. The van der Waals surface area contributed by atoms with Gasteiger partial charge in [0.1, 0.15) is 5.75 Å². The highest BCUT2D eigenvalue weighted by atomic mass is 32.2. The van der Waals surface area contributed by atoms with Gasteiger partial charge in [0.15, 0.2) is 11.5 Å². The van der Waals surface area contributed by atoms with Gasteiger partial charge in [-0.25, -0.2) is 14.8 Å². The van der Waals surface area contributed by atoms with Crippen LogP contribution in [0, 0.1) is 0 Å². The van der Waals surface area contributed by atoms with Gasteiger partial charge >= 0.3 is 5.97 Å². The number of carbonyl (C=O) groups excluding carboxylic acids is 1. The van der Waals surface area contributed by atoms with E-state index in [0.717, 1.165) is 36.7 Å². The quantitative estimate of drug-likeness (QED) is 0.196. The number of hydrogen-bond acceptors (Lipinski definition) is 7. The van der Waals surface area contributed by atoms with E-state index in [0.29, 0.717) is 36.5 Å². The van der Waals surface area contributed by atoms with Gasteiger partial charge in [-0.2, -0.15) is 0 Å². The first kappa shape index (κ1) is 23.0. The third-order valence-corrected chi connectivity index (χ3v) is 6.03. The number of hydrogen-bond donors (Lipinski definition) is 1. The summed E-state index contributed by atoms with van der Waals surface area (Å²) in [5, 5.41) is 8.76. The van der Waals surface area contributed by atoms with Gasteiger partial charge in [-0.1, -0.05) is 12.1 Å². The van der Waals surface area contributed by atoms with Gasteiger partial charge in [0.25, 0.3) is 0 Å². The fraction of sp³-hybridized carbons (Fsp3) is 0.391. The predicted octanol–water partition coefficient (Wildman–Crippen LogP) is 3.77. The standard InChI is InChI=1S/C23H29N2O5S/c1-24(27)30-13-4-3-12-29-23(26)19-7-5-18(6-8-19)16-25-11-14-31-22-10-9-21(28-2)15-20(22)17-25/h5-10,15,27H,1,3-4,11-14,16-17H2,2H3/q+1. The normalized spacial score (nSPS) is 13.7. The molecular weight excluding hydrogens is 416 g/mol. The highest BCUT2D eigenvalue weighted by Gasteiger charge is 2.16. The highest BCUT2D eigenvalue weighted by Crippen LogP contribution is 2.31. The van der Waals surface area contributed by atoms with Gasteiger partial charge in [0.05, 0.1) is 19.3 Å². The Morgan fingerprint density at radius 2 is 1.97 bits per heavy atom. The third kappa shape index (κ3) is 7.18. The molecule has 1 aliphatic rings. The van der Waals surface area contributed by atoms with Gasteiger partial charge in [-0.15, -0.1) is 11.8 Å². The van der Waals surface area contributed by atoms with Crippen LogP contribution in [0.5, 0.6) is 5.75 Å². The van der Waals surface area contributed by atoms with E-state index in [-0.39, 0.29) is 5.97 Å². The van der Waals surface area contributed by atoms with E-state index in [1.54, 1.807) is 7.11 Å². The summed E-state index contributed by atoms with van der Waals surface area (Å²) in [5.74, 6) is 1.59. The Labute approximate surface area is 187 Å². The maximum atomic E-state index is 12.2. The molecule has 1 aliphatic heterocycles. The number of thioether (sulfide) groups is 1. The Morgan fingerprint density at radius 3 is 2.71 bits per heavy atom. The molecule has 0 saturated heterocycles. The predicted molar refractivity (Wildman–Crippen MR) is 119 cm³/mol. The molecule has 3 rings (SSSR count). The smallest absolute Gasteiger partial charge is 0.338 e. The number of carbonyl (C=O) groups is 1. The van der Waals surface area contributed by atoms with Crippen LogP contribution >= 0.6 is 11.8 Å². The SMILES string of the molecule is C=[N+](O)OCCCCOC(=O)c1ccc(CN2CCSc3ccc(OC)cc3C2)cc1. The van der Waals surface area contributed by atoms with E-state index in [2.05, 4.69) is 23.8 Å². The van der Waals surface area contributed by atoms with Crippen LogP contribution in [0.1, 0.15) is 34.3 Å². The Hall–Kier alpha value is -2.71. The minimum Gasteiger partial charge on any atom is -0.497 e. The second kappa shape index (κ2) is 11.6. The van der Waals surface area contributed by atoms with E-state index in [4.69, 9.17) is 19.5 Å². The molecule has 0 spiro atoms. The molecule has 0 bridgehead atoms. The molecule has 166 valence electrons. The molecule has 8 heteroatoms. The summed E-state index contributed by atoms with van der Waals surface area (Å²) in [6.45, 7) is 6.47. The minimum atomic E-state index is -0.333. The fourth-order valence-electron chi connectivity index (χ4n) is 3.31. The Bertz CT molecular complexity index is 888. The van der Waals surface area contributed by atoms with Gasteiger partial charge in [0.2, 0.25) is 6.72 Å². The second-order valence-electron chi connectivity index (χ2n) is 7.26. The molecule has 31 heavy (non-hydrogen) atoms. The molecule has 0 saturated carbocycles. The Kier molecular flexibility index (Phi) is 8.61. The fourth-order valence-corrected chi connectivity index (χ4v) is 4.36. The van der Waals surface area contributed by atoms with Crippen LogP contribution in [0.25, 0.3) is 0 Å². The van der Waals surface area contributed by atoms with Crippen molar-refractivity contribution in [3.05, 3.63) is 59.2 Å². The van der Waals surface area contributed by atoms with Crippen molar-refractivity contribution in [2.24, 2.45) is 0 Å². The molecule has 2 aromatic rings. The van der Waals surface area contributed by atoms with Crippen molar-refractivity contribution < 1.29 is 29.2 Å². The van der Waals surface area contributed by atoms with Crippen molar-refractivity contribution in [2.45, 2.75) is 30.8 Å². The largest absolute Gasteiger partial charge is 0.497 e. The lowest BCUT2D eigenvalue weighted by Crippen LogP contribution is -2.24. The lowest BCUT2D eigenvalue weighted by atomic mass is 10.1. The molecule has 1 N–H and O–H groups in total. The second-order valence-corrected chi connectivity index (χ2v) is 8.39. The average Bonchev–Trinajstić information content (AvgIpc) is 2.97. The van der Waals surface area contributed by atoms with Crippen molar-refractivity contribution in [2.75, 3.05) is 32.6 Å². The zero-order valence-electron chi connectivity index (χ0n) is 17.8. The zero-order valence-corrected chi connectivity index (χ0v) is 18.6. The van der Waals surface area contributed by atoms with Crippen LogP contribution in [0.3, 0.4) is 0 Å². The van der Waals surface area contributed by atoms with E-state index < -0.39 is 0 Å². The molecule has 0 radical (unpaired) electrons. The summed E-state index contributed by atoms with van der Waals surface area (Å²) in [6, 6.07) is 13.9. The Morgan fingerprint density at radius 1 is 1.19 bits per heavy atom. The van der Waals surface area contributed by atoms with Gasteiger partial charge in [-0.3, -0.25) is 4.90 Å². The number of methoxy groups -OCH3 is 1. The molecule has 0 aliphatic carbocycles. The summed E-state index contributed by atoms with van der Waals surface area (Å²) < 4.78 is 10.7. The van der Waals surface area contributed by atoms with Crippen molar-refractivity contribution in [3.63, 3.8) is 0 Å². The maximum absolute atomic E-state index is 12.2. The summed E-state index contributed by atoms with van der Waals surface area (Å²) in [5.41, 5.74) is 2.99. The number of ether oxygens (including phenoxy) is 2. The van der Waals surface area contributed by atoms with Crippen LogP contribution in [0.15, 0.2) is 47.4 Å². The van der Waals surface area contributed by atoms with Crippen molar-refractivity contribution >= 4 is 24.4 Å². The topological polar surface area (TPSA) is 71.2 Å². The lowest BCUT2D eigenvalue weighted by Gasteiger charge is -2.20. The third-order valence-electron chi connectivity index (χ3n) is 4.93. The molecule has 1 heterocycles. The number of nitrogens with zero attached hydrogens (tertiary/aromatic N) is 2. The van der Waals surface area contributed by atoms with Gasteiger partial charge < -0.3 is 9.47 Å². The molecule has 0 unspecified atom stereocenters. The maximum Gasteiger partial charge on any atom is 0.338 e. The number of fused-ring (bicyclic) bond motifs is 1. The zero-order chi connectivity index (χ0) is 22.1. The van der Waals surface area contributed by atoms with Crippen LogP contribution in [-0.2, 0) is 22.7 Å². The summed E-state index contributed by atoms with van der Waals surface area (Å²) >= 11 is 1.88. The van der Waals surface area contributed by atoms with E-state index in [9.17, 15) is 4.79 Å². The number of benzene rings is 2. The van der Waals surface area contributed by atoms with Crippen LogP contribution < -0.4 is 4.74 Å². The molecule has 0 fully saturated rings. The minimum absolute atomic E-state index is 0.306. The van der Waals surface area contributed by atoms with Crippen LogP contribution in [0.4, 0.5) is 0 Å². The number of rotatable bonds is 10. The van der Waals surface area contributed by atoms with Crippen molar-refractivity contribution in [3.8, 4) is 5.75 Å². The van der Waals surface area contributed by atoms with E-state index in [1.165, 1.54) is 10.5 Å². The lowest BCUT2D eigenvalue weighted by molar-refractivity contribution is -0.957. The number of unbranched alkanes of at least 4 members (excludes halogenated alkanes) is 1. The van der Waals surface area contributed by atoms with Gasteiger partial charge in [0, 0.05) is 30.3 Å². The first-order valence-corrected chi connectivity index (χ1v) is 11.2. The highest BCUT2D eigenvalue weighted by molar-refractivity contribution is 7.99. The van der Waals surface area contributed by atoms with E-state index in [1.807, 2.05) is 42.1 Å². The first-order chi connectivity index (χ1) is 15.0. The van der Waals surface area contributed by atoms with Crippen molar-refractivity contribution in [1.82, 2.24) is 4.90 Å².